The van der Waals surface area contributed by atoms with Crippen molar-refractivity contribution in [1.29, 1.82) is 0 Å². The highest BCUT2D eigenvalue weighted by Gasteiger charge is 2.36. The number of nitrogens with zero attached hydrogens (tertiary/aromatic N) is 3. The number of fused-ring (bicyclic) bond motifs is 1. The van der Waals surface area contributed by atoms with E-state index in [9.17, 15) is 5.11 Å². The number of ether oxygens (including phenoxy) is 1. The number of likely N-dealkylation sites (tertiary alicyclic amines) is 1. The highest BCUT2D eigenvalue weighted by molar-refractivity contribution is 7.17. The second-order valence-corrected chi connectivity index (χ2v) is 8.19. The van der Waals surface area contributed by atoms with Gasteiger partial charge in [0, 0.05) is 5.92 Å². The largest absolute Gasteiger partial charge is 0.496 e. The zero-order valence-electron chi connectivity index (χ0n) is 15.4. The molecule has 1 aromatic carbocycles. The number of hydrogen-bond acceptors (Lipinski definition) is 5. The quantitative estimate of drug-likeness (QED) is 0.736. The first-order valence-corrected chi connectivity index (χ1v) is 9.92. The molecule has 0 bridgehead atoms. The van der Waals surface area contributed by atoms with Gasteiger partial charge in [-0.1, -0.05) is 30.4 Å². The van der Waals surface area contributed by atoms with Gasteiger partial charge in [-0.3, -0.25) is 0 Å². The van der Waals surface area contributed by atoms with Crippen molar-refractivity contribution in [3.63, 3.8) is 0 Å². The van der Waals surface area contributed by atoms with Gasteiger partial charge in [-0.15, -0.1) is 5.10 Å². The molecule has 0 aliphatic carbocycles. The number of nitrogens with one attached hydrogen (secondary N) is 1. The Kier molecular flexibility index (Phi) is 4.58. The molecule has 0 amide bonds. The van der Waals surface area contributed by atoms with Crippen LogP contribution in [0.5, 0.6) is 11.6 Å². The Bertz CT molecular complexity index is 920. The maximum Gasteiger partial charge on any atom is 0.235 e. The first kappa shape index (κ1) is 17.3. The predicted octanol–water partition coefficient (Wildman–Crippen LogP) is 2.22. The van der Waals surface area contributed by atoms with Crippen molar-refractivity contribution in [2.45, 2.75) is 32.7 Å². The second-order valence-electron chi connectivity index (χ2n) is 7.18. The molecule has 1 saturated heterocycles. The number of para-hydroxylation sites is 1. The Morgan fingerprint density at radius 2 is 2.19 bits per heavy atom. The Morgan fingerprint density at radius 3 is 2.92 bits per heavy atom. The summed E-state index contributed by atoms with van der Waals surface area (Å²) in [5.74, 6) is 2.40. The summed E-state index contributed by atoms with van der Waals surface area (Å²) in [7, 11) is 1.70. The Balaban J connectivity index is 1.86. The van der Waals surface area contributed by atoms with Crippen LogP contribution < -0.4 is 9.64 Å². The average Bonchev–Trinajstić information content (AvgIpc) is 3.14. The number of methoxy groups -OCH3 is 1. The molecular weight excluding hydrogens is 348 g/mol. The summed E-state index contributed by atoms with van der Waals surface area (Å²) < 4.78 is 7.21. The minimum atomic E-state index is 0.0164. The normalized spacial score (nSPS) is 21.8. The van der Waals surface area contributed by atoms with E-state index >= 15 is 0 Å². The lowest BCUT2D eigenvalue weighted by atomic mass is 9.95. The molecule has 3 aromatic rings. The lowest BCUT2D eigenvalue weighted by molar-refractivity contribution is -0.933. The molecule has 1 fully saturated rings. The summed E-state index contributed by atoms with van der Waals surface area (Å²) in [6, 6.07) is 8.14. The highest BCUT2D eigenvalue weighted by atomic mass is 32.1. The lowest BCUT2D eigenvalue weighted by Gasteiger charge is -2.34. The Morgan fingerprint density at radius 1 is 1.38 bits per heavy atom. The molecule has 1 aliphatic rings. The average molecular weight is 374 g/mol. The van der Waals surface area contributed by atoms with Gasteiger partial charge in [0.2, 0.25) is 10.8 Å². The number of aromatic hydroxyl groups is 1. The van der Waals surface area contributed by atoms with E-state index in [0.29, 0.717) is 11.7 Å². The molecule has 1 unspecified atom stereocenters. The zero-order chi connectivity index (χ0) is 18.3. The van der Waals surface area contributed by atoms with E-state index in [1.54, 1.807) is 11.6 Å². The van der Waals surface area contributed by atoms with Crippen molar-refractivity contribution in [3.05, 3.63) is 40.5 Å². The molecule has 1 aliphatic heterocycles. The van der Waals surface area contributed by atoms with Crippen molar-refractivity contribution in [2.75, 3.05) is 20.2 Å². The van der Waals surface area contributed by atoms with Crippen molar-refractivity contribution in [1.82, 2.24) is 14.6 Å². The van der Waals surface area contributed by atoms with E-state index in [1.807, 2.05) is 25.1 Å². The molecule has 2 N–H and O–H groups in total. The highest BCUT2D eigenvalue weighted by Crippen LogP contribution is 2.38. The standard InChI is InChI=1S/C19H24N4O2S/c1-12-7-6-10-22(11-12)16(14-8-4-5-9-15(14)25-3)17-18(24)23-19(26-17)20-13(2)21-23/h4-5,8-9,12,16,24H,6-7,10-11H2,1-3H3/p+1/t12-,16+/m0/s1. The van der Waals surface area contributed by atoms with Gasteiger partial charge in [0.1, 0.15) is 16.5 Å². The Hall–Kier alpha value is -2.12. The predicted molar refractivity (Wildman–Crippen MR) is 101 cm³/mol. The molecule has 3 heterocycles. The minimum Gasteiger partial charge on any atom is -0.496 e. The fourth-order valence-electron chi connectivity index (χ4n) is 4.08. The number of piperidine rings is 1. The van der Waals surface area contributed by atoms with Crippen LogP contribution >= 0.6 is 11.3 Å². The van der Waals surface area contributed by atoms with E-state index in [4.69, 9.17) is 4.74 Å². The van der Waals surface area contributed by atoms with E-state index in [0.717, 1.165) is 34.2 Å². The van der Waals surface area contributed by atoms with Crippen molar-refractivity contribution in [2.24, 2.45) is 5.92 Å². The van der Waals surface area contributed by atoms with Gasteiger partial charge < -0.3 is 14.7 Å². The Labute approximate surface area is 157 Å². The molecule has 26 heavy (non-hydrogen) atoms. The molecule has 3 atom stereocenters. The zero-order valence-corrected chi connectivity index (χ0v) is 16.2. The van der Waals surface area contributed by atoms with Crippen LogP contribution in [0, 0.1) is 12.8 Å². The first-order chi connectivity index (χ1) is 12.6. The summed E-state index contributed by atoms with van der Waals surface area (Å²) in [5.41, 5.74) is 1.11. The third-order valence-corrected chi connectivity index (χ3v) is 6.32. The van der Waals surface area contributed by atoms with Crippen LogP contribution in [0.1, 0.15) is 42.1 Å². The monoisotopic (exact) mass is 373 g/mol. The number of aromatic nitrogens is 3. The van der Waals surface area contributed by atoms with Gasteiger partial charge in [-0.2, -0.15) is 4.52 Å². The molecule has 0 saturated carbocycles. The van der Waals surface area contributed by atoms with Gasteiger partial charge in [0.15, 0.2) is 6.04 Å². The number of quaternary nitrogens is 1. The van der Waals surface area contributed by atoms with Crippen LogP contribution in [0.2, 0.25) is 0 Å². The van der Waals surface area contributed by atoms with Crippen LogP contribution in [0.25, 0.3) is 4.96 Å². The van der Waals surface area contributed by atoms with Gasteiger partial charge in [0.25, 0.3) is 0 Å². The summed E-state index contributed by atoms with van der Waals surface area (Å²) in [6.07, 6.45) is 2.46. The summed E-state index contributed by atoms with van der Waals surface area (Å²) in [5, 5.41) is 15.2. The lowest BCUT2D eigenvalue weighted by Crippen LogP contribution is -3.13. The number of aryl methyl sites for hydroxylation is 1. The second kappa shape index (κ2) is 6.89. The van der Waals surface area contributed by atoms with E-state index < -0.39 is 0 Å². The maximum absolute atomic E-state index is 10.9. The van der Waals surface area contributed by atoms with Crippen molar-refractivity contribution in [3.8, 4) is 11.6 Å². The van der Waals surface area contributed by atoms with E-state index in [-0.39, 0.29) is 11.9 Å². The molecule has 7 heteroatoms. The smallest absolute Gasteiger partial charge is 0.235 e. The molecule has 4 rings (SSSR count). The number of hydrogen-bond donors (Lipinski definition) is 2. The van der Waals surface area contributed by atoms with Crippen LogP contribution in [0.3, 0.4) is 0 Å². The third kappa shape index (κ3) is 2.95. The molecular formula is C19H25N4O2S+. The van der Waals surface area contributed by atoms with Crippen molar-refractivity contribution >= 4 is 16.3 Å². The molecule has 6 nitrogen and oxygen atoms in total. The fraction of sp³-hybridized carbons (Fsp3) is 0.474. The first-order valence-electron chi connectivity index (χ1n) is 9.11. The van der Waals surface area contributed by atoms with Gasteiger partial charge in [-0.25, -0.2) is 4.98 Å². The van der Waals surface area contributed by atoms with Crippen molar-refractivity contribution < 1.29 is 14.7 Å². The molecule has 138 valence electrons. The van der Waals surface area contributed by atoms with Gasteiger partial charge in [0.05, 0.1) is 25.8 Å². The number of thiazole rings is 1. The molecule has 0 spiro atoms. The van der Waals surface area contributed by atoms with E-state index in [2.05, 4.69) is 23.1 Å². The number of rotatable bonds is 4. The van der Waals surface area contributed by atoms with Gasteiger partial charge >= 0.3 is 0 Å². The topological polar surface area (TPSA) is 64.1 Å². The van der Waals surface area contributed by atoms with Crippen LogP contribution in [0.15, 0.2) is 24.3 Å². The van der Waals surface area contributed by atoms with Gasteiger partial charge in [-0.05, 0) is 31.9 Å². The minimum absolute atomic E-state index is 0.0164. The third-order valence-electron chi connectivity index (χ3n) is 5.23. The maximum atomic E-state index is 10.9. The van der Waals surface area contributed by atoms with E-state index in [1.165, 1.54) is 29.1 Å². The van der Waals surface area contributed by atoms with Crippen LogP contribution in [-0.2, 0) is 0 Å². The molecule has 0 radical (unpaired) electrons. The van der Waals surface area contributed by atoms with Crippen LogP contribution in [-0.4, -0.2) is 39.9 Å². The summed E-state index contributed by atoms with van der Waals surface area (Å²) in [4.78, 5) is 7.55. The fourth-order valence-corrected chi connectivity index (χ4v) is 5.26. The van der Waals surface area contributed by atoms with Crippen LogP contribution in [0.4, 0.5) is 0 Å². The summed E-state index contributed by atoms with van der Waals surface area (Å²) >= 11 is 1.52. The number of benzene rings is 1. The SMILES string of the molecule is COc1ccccc1[C@H](c1sc2nc(C)nn2c1O)[NH+]1CCC[C@H](C)C1. The summed E-state index contributed by atoms with van der Waals surface area (Å²) in [6.45, 7) is 6.31. The molecule has 2 aromatic heterocycles.